The van der Waals surface area contributed by atoms with E-state index in [-0.39, 0.29) is 6.54 Å². The van der Waals surface area contributed by atoms with Crippen molar-refractivity contribution in [3.8, 4) is 0 Å². The third kappa shape index (κ3) is 2.79. The van der Waals surface area contributed by atoms with Crippen molar-refractivity contribution in [2.24, 2.45) is 0 Å². The van der Waals surface area contributed by atoms with Crippen LogP contribution in [0.2, 0.25) is 0 Å². The Labute approximate surface area is 138 Å². The van der Waals surface area contributed by atoms with E-state index in [4.69, 9.17) is 0 Å². The lowest BCUT2D eigenvalue weighted by Crippen LogP contribution is -3.16. The van der Waals surface area contributed by atoms with Gasteiger partial charge in [-0.05, 0) is 31.2 Å². The van der Waals surface area contributed by atoms with Crippen LogP contribution in [0.1, 0.15) is 23.3 Å². The Morgan fingerprint density at radius 1 is 1.26 bits per heavy atom. The van der Waals surface area contributed by atoms with Gasteiger partial charge in [0, 0.05) is 4.88 Å². The Morgan fingerprint density at radius 2 is 2.04 bits per heavy atom. The summed E-state index contributed by atoms with van der Waals surface area (Å²) in [6.07, 6.45) is 6.48. The number of quaternary nitrogens is 1. The molecule has 2 aromatic rings. The summed E-state index contributed by atoms with van der Waals surface area (Å²) in [5.74, 6) is 0.0756. The summed E-state index contributed by atoms with van der Waals surface area (Å²) in [5.41, 5.74) is 1.45. The molecule has 2 aromatic heterocycles. The van der Waals surface area contributed by atoms with Crippen molar-refractivity contribution in [2.75, 3.05) is 37.6 Å². The number of nitrogens with one attached hydrogen (secondary N) is 1. The lowest BCUT2D eigenvalue weighted by Gasteiger charge is -2.33. The maximum Gasteiger partial charge on any atom is 0.141 e. The van der Waals surface area contributed by atoms with Gasteiger partial charge in [0.25, 0.3) is 0 Å². The number of piperazine rings is 1. The van der Waals surface area contributed by atoms with Crippen LogP contribution in [-0.4, -0.2) is 48.7 Å². The predicted octanol–water partition coefficient (Wildman–Crippen LogP) is -0.975. The number of hydrogen-bond donors (Lipinski definition) is 1. The first-order valence-corrected chi connectivity index (χ1v) is 9.07. The molecule has 1 fully saturated rings. The predicted molar refractivity (Wildman–Crippen MR) is 86.8 cm³/mol. The smallest absolute Gasteiger partial charge is 0.141 e. The molecule has 1 aliphatic carbocycles. The van der Waals surface area contributed by atoms with E-state index in [2.05, 4.69) is 14.9 Å². The molecule has 3 heterocycles. The number of carboxylic acid groups (broad SMARTS) is 1. The summed E-state index contributed by atoms with van der Waals surface area (Å²) in [5, 5.41) is 12.0. The quantitative estimate of drug-likeness (QED) is 0.782. The molecule has 0 radical (unpaired) electrons. The zero-order valence-electron chi connectivity index (χ0n) is 13.0. The molecule has 1 saturated heterocycles. The number of nitrogens with zero attached hydrogens (tertiary/aromatic N) is 3. The summed E-state index contributed by atoms with van der Waals surface area (Å²) >= 11 is 1.82. The molecule has 1 aliphatic heterocycles. The molecule has 122 valence electrons. The summed E-state index contributed by atoms with van der Waals surface area (Å²) in [6, 6.07) is 0. The van der Waals surface area contributed by atoms with Gasteiger partial charge >= 0.3 is 0 Å². The number of hydrogen-bond acceptors (Lipinski definition) is 6. The van der Waals surface area contributed by atoms with Gasteiger partial charge in [0.15, 0.2) is 0 Å². The van der Waals surface area contributed by atoms with Gasteiger partial charge < -0.3 is 19.7 Å². The molecular formula is C16H20N4O2S. The molecular weight excluding hydrogens is 312 g/mol. The molecule has 0 bridgehead atoms. The molecule has 6 nitrogen and oxygen atoms in total. The van der Waals surface area contributed by atoms with Crippen molar-refractivity contribution in [2.45, 2.75) is 25.7 Å². The molecule has 23 heavy (non-hydrogen) atoms. The van der Waals surface area contributed by atoms with Crippen LogP contribution < -0.4 is 14.9 Å². The van der Waals surface area contributed by atoms with Crippen molar-refractivity contribution < 1.29 is 14.8 Å². The highest BCUT2D eigenvalue weighted by atomic mass is 32.1. The van der Waals surface area contributed by atoms with Crippen LogP contribution in [0.3, 0.4) is 0 Å². The van der Waals surface area contributed by atoms with Crippen molar-refractivity contribution in [1.82, 2.24) is 9.97 Å². The van der Waals surface area contributed by atoms with Gasteiger partial charge in [-0.2, -0.15) is 0 Å². The van der Waals surface area contributed by atoms with Crippen LogP contribution in [0, 0.1) is 0 Å². The van der Waals surface area contributed by atoms with Gasteiger partial charge in [-0.1, -0.05) is 0 Å². The molecule has 0 amide bonds. The largest absolute Gasteiger partial charge is 0.544 e. The highest BCUT2D eigenvalue weighted by Crippen LogP contribution is 2.39. The number of aryl methyl sites for hydroxylation is 2. The number of anilines is 1. The van der Waals surface area contributed by atoms with E-state index in [1.54, 1.807) is 6.33 Å². The van der Waals surface area contributed by atoms with Crippen molar-refractivity contribution in [3.05, 3.63) is 16.8 Å². The first-order chi connectivity index (χ1) is 11.2. The van der Waals surface area contributed by atoms with E-state index in [9.17, 15) is 9.90 Å². The number of aromatic nitrogens is 2. The Morgan fingerprint density at radius 3 is 2.83 bits per heavy atom. The van der Waals surface area contributed by atoms with Crippen LogP contribution in [0.15, 0.2) is 6.33 Å². The molecule has 0 spiro atoms. The van der Waals surface area contributed by atoms with Gasteiger partial charge in [-0.3, -0.25) is 0 Å². The SMILES string of the molecule is O=C([O-])C[NH+]1CCN(c2ncnc3sc4c(c23)CCCC4)CC1. The van der Waals surface area contributed by atoms with Crippen molar-refractivity contribution in [3.63, 3.8) is 0 Å². The third-order valence-corrected chi connectivity index (χ3v) is 6.10. The fourth-order valence-electron chi connectivity index (χ4n) is 3.73. The number of carbonyl (C=O) groups excluding carboxylic acids is 1. The minimum Gasteiger partial charge on any atom is -0.544 e. The van der Waals surface area contributed by atoms with Crippen LogP contribution in [0.5, 0.6) is 0 Å². The molecule has 2 aliphatic rings. The average Bonchev–Trinajstić information content (AvgIpc) is 2.93. The summed E-state index contributed by atoms with van der Waals surface area (Å²) in [4.78, 5) is 25.8. The number of carboxylic acids is 1. The summed E-state index contributed by atoms with van der Waals surface area (Å²) in [7, 11) is 0. The van der Waals surface area contributed by atoms with Crippen LogP contribution in [0.25, 0.3) is 10.2 Å². The van der Waals surface area contributed by atoms with Gasteiger partial charge in [-0.25, -0.2) is 9.97 Å². The Hall–Kier alpha value is -1.73. The number of aliphatic carboxylic acids is 1. The minimum absolute atomic E-state index is 0.0981. The lowest BCUT2D eigenvalue weighted by atomic mass is 9.97. The molecule has 0 aromatic carbocycles. The standard InChI is InChI=1S/C16H20N4O2S/c21-13(22)9-19-5-7-20(8-6-19)15-14-11-3-1-2-4-12(11)23-16(14)18-10-17-15/h10H,1-9H2,(H,21,22). The van der Waals surface area contributed by atoms with E-state index in [1.165, 1.54) is 35.1 Å². The monoisotopic (exact) mass is 332 g/mol. The molecule has 0 unspecified atom stereocenters. The normalized spacial score (nSPS) is 19.0. The van der Waals surface area contributed by atoms with Crippen molar-refractivity contribution >= 4 is 33.3 Å². The highest BCUT2D eigenvalue weighted by Gasteiger charge is 2.26. The first-order valence-electron chi connectivity index (χ1n) is 8.26. The molecule has 0 atom stereocenters. The summed E-state index contributed by atoms with van der Waals surface area (Å²) in [6.45, 7) is 3.39. The van der Waals surface area contributed by atoms with E-state index < -0.39 is 5.97 Å². The number of fused-ring (bicyclic) bond motifs is 3. The minimum atomic E-state index is -0.968. The Balaban J connectivity index is 1.62. The second kappa shape index (κ2) is 6.05. The van der Waals surface area contributed by atoms with Gasteiger partial charge in [0.05, 0.1) is 37.5 Å². The van der Waals surface area contributed by atoms with E-state index in [0.717, 1.165) is 48.1 Å². The second-order valence-electron chi connectivity index (χ2n) is 6.37. The van der Waals surface area contributed by atoms with E-state index >= 15 is 0 Å². The number of thiophene rings is 1. The highest BCUT2D eigenvalue weighted by molar-refractivity contribution is 7.19. The first kappa shape index (κ1) is 14.8. The van der Waals surface area contributed by atoms with Gasteiger partial charge in [-0.15, -0.1) is 11.3 Å². The fourth-order valence-corrected chi connectivity index (χ4v) is 4.95. The lowest BCUT2D eigenvalue weighted by molar-refractivity contribution is -0.894. The topological polar surface area (TPSA) is 73.6 Å². The zero-order chi connectivity index (χ0) is 15.8. The van der Waals surface area contributed by atoms with Crippen LogP contribution in [0.4, 0.5) is 5.82 Å². The fraction of sp³-hybridized carbons (Fsp3) is 0.562. The van der Waals surface area contributed by atoms with Crippen molar-refractivity contribution in [1.29, 1.82) is 0 Å². The van der Waals surface area contributed by atoms with E-state index in [1.807, 2.05) is 11.3 Å². The third-order valence-electron chi connectivity index (χ3n) is 4.90. The molecule has 1 N–H and O–H groups in total. The average molecular weight is 332 g/mol. The summed E-state index contributed by atoms with van der Waals surface area (Å²) < 4.78 is 0. The molecule has 0 saturated carbocycles. The molecule has 4 rings (SSSR count). The van der Waals surface area contributed by atoms with Crippen LogP contribution >= 0.6 is 11.3 Å². The van der Waals surface area contributed by atoms with Gasteiger partial charge in [0.2, 0.25) is 0 Å². The molecule has 7 heteroatoms. The van der Waals surface area contributed by atoms with E-state index in [0.29, 0.717) is 0 Å². The zero-order valence-corrected chi connectivity index (χ0v) is 13.8. The maximum absolute atomic E-state index is 10.8. The second-order valence-corrected chi connectivity index (χ2v) is 7.46. The Bertz CT molecular complexity index is 737. The van der Waals surface area contributed by atoms with Crippen LogP contribution in [-0.2, 0) is 17.6 Å². The van der Waals surface area contributed by atoms with Gasteiger partial charge in [0.1, 0.15) is 23.5 Å². The Kier molecular flexibility index (Phi) is 3.90. The number of rotatable bonds is 3. The maximum atomic E-state index is 10.8. The number of carbonyl (C=O) groups is 1.